The monoisotopic (exact) mass is 291 g/mol. The Morgan fingerprint density at radius 3 is 2.67 bits per heavy atom. The molecule has 0 aliphatic heterocycles. The molecule has 1 aromatic rings. The Labute approximate surface area is 128 Å². The molecule has 0 spiro atoms. The molecule has 1 unspecified atom stereocenters. The number of amides is 1. The quantitative estimate of drug-likeness (QED) is 0.722. The number of nitrogens with one attached hydrogen (secondary N) is 1. The van der Waals surface area contributed by atoms with Crippen LogP contribution in [0.4, 0.5) is 11.4 Å². The molecular formula is C17H29N3O. The highest BCUT2D eigenvalue weighted by molar-refractivity contribution is 5.91. The van der Waals surface area contributed by atoms with Crippen molar-refractivity contribution in [1.29, 1.82) is 0 Å². The summed E-state index contributed by atoms with van der Waals surface area (Å²) in [5, 5.41) is 2.88. The summed E-state index contributed by atoms with van der Waals surface area (Å²) in [7, 11) is 2.13. The molecular weight excluding hydrogens is 262 g/mol. The van der Waals surface area contributed by atoms with Crippen LogP contribution >= 0.6 is 0 Å². The van der Waals surface area contributed by atoms with E-state index in [2.05, 4.69) is 38.0 Å². The maximum atomic E-state index is 11.9. The number of carbonyl (C=O) groups excluding carboxylic acids is 1. The summed E-state index contributed by atoms with van der Waals surface area (Å²) in [5.41, 5.74) is 7.12. The minimum atomic E-state index is 0.0468. The maximum Gasteiger partial charge on any atom is 0.224 e. The summed E-state index contributed by atoms with van der Waals surface area (Å²) in [6, 6.07) is 7.83. The van der Waals surface area contributed by atoms with Crippen molar-refractivity contribution in [2.24, 2.45) is 5.92 Å². The van der Waals surface area contributed by atoms with Crippen LogP contribution in [0.25, 0.3) is 0 Å². The van der Waals surface area contributed by atoms with Crippen molar-refractivity contribution >= 4 is 17.3 Å². The number of benzene rings is 1. The molecule has 0 radical (unpaired) electrons. The van der Waals surface area contributed by atoms with Gasteiger partial charge >= 0.3 is 0 Å². The van der Waals surface area contributed by atoms with E-state index < -0.39 is 0 Å². The smallest absolute Gasteiger partial charge is 0.224 e. The number of hydrogen-bond acceptors (Lipinski definition) is 3. The molecule has 0 fully saturated rings. The van der Waals surface area contributed by atoms with E-state index in [1.54, 1.807) is 12.1 Å². The van der Waals surface area contributed by atoms with Crippen molar-refractivity contribution < 1.29 is 4.79 Å². The first-order valence-electron chi connectivity index (χ1n) is 7.74. The third-order valence-electron chi connectivity index (χ3n) is 3.65. The first-order chi connectivity index (χ1) is 9.88. The highest BCUT2D eigenvalue weighted by Crippen LogP contribution is 2.13. The van der Waals surface area contributed by atoms with E-state index in [0.29, 0.717) is 24.1 Å². The minimum absolute atomic E-state index is 0.0468. The van der Waals surface area contributed by atoms with Gasteiger partial charge in [-0.1, -0.05) is 19.9 Å². The average molecular weight is 291 g/mol. The Morgan fingerprint density at radius 2 is 2.05 bits per heavy atom. The molecule has 0 saturated carbocycles. The summed E-state index contributed by atoms with van der Waals surface area (Å²) in [5.74, 6) is 0.750. The molecule has 118 valence electrons. The van der Waals surface area contributed by atoms with Gasteiger partial charge in [0.25, 0.3) is 0 Å². The second kappa shape index (κ2) is 8.67. The van der Waals surface area contributed by atoms with Gasteiger partial charge in [0, 0.05) is 23.8 Å². The van der Waals surface area contributed by atoms with Gasteiger partial charge in [-0.25, -0.2) is 0 Å². The van der Waals surface area contributed by atoms with E-state index in [4.69, 9.17) is 5.73 Å². The van der Waals surface area contributed by atoms with Crippen LogP contribution in [0, 0.1) is 5.92 Å². The highest BCUT2D eigenvalue weighted by Gasteiger charge is 2.11. The second-order valence-electron chi connectivity index (χ2n) is 6.24. The molecule has 4 nitrogen and oxygen atoms in total. The Balaban J connectivity index is 2.27. The van der Waals surface area contributed by atoms with Crippen LogP contribution in [0.5, 0.6) is 0 Å². The van der Waals surface area contributed by atoms with Crippen LogP contribution in [-0.2, 0) is 4.79 Å². The molecule has 0 aliphatic rings. The summed E-state index contributed by atoms with van der Waals surface area (Å²) >= 11 is 0. The number of carbonyl (C=O) groups is 1. The fraction of sp³-hybridized carbons (Fsp3) is 0.588. The van der Waals surface area contributed by atoms with E-state index in [9.17, 15) is 4.79 Å². The van der Waals surface area contributed by atoms with Crippen molar-refractivity contribution in [2.45, 2.75) is 46.1 Å². The van der Waals surface area contributed by atoms with Crippen LogP contribution in [0.3, 0.4) is 0 Å². The minimum Gasteiger partial charge on any atom is -0.399 e. The Hall–Kier alpha value is -1.55. The highest BCUT2D eigenvalue weighted by atomic mass is 16.1. The van der Waals surface area contributed by atoms with Crippen LogP contribution in [-0.4, -0.2) is 30.4 Å². The number of anilines is 2. The molecule has 0 saturated heterocycles. The Kier molecular flexibility index (Phi) is 7.23. The lowest BCUT2D eigenvalue weighted by Crippen LogP contribution is -2.31. The van der Waals surface area contributed by atoms with Gasteiger partial charge in [0.15, 0.2) is 0 Å². The summed E-state index contributed by atoms with van der Waals surface area (Å²) in [6.45, 7) is 7.66. The van der Waals surface area contributed by atoms with E-state index in [1.165, 1.54) is 6.42 Å². The molecule has 21 heavy (non-hydrogen) atoms. The first-order valence-corrected chi connectivity index (χ1v) is 7.74. The van der Waals surface area contributed by atoms with E-state index >= 15 is 0 Å². The van der Waals surface area contributed by atoms with Crippen LogP contribution < -0.4 is 11.1 Å². The number of hydrogen-bond donors (Lipinski definition) is 2. The Bertz CT molecular complexity index is 445. The largest absolute Gasteiger partial charge is 0.399 e. The molecule has 0 heterocycles. The average Bonchev–Trinajstić information content (AvgIpc) is 2.37. The van der Waals surface area contributed by atoms with E-state index in [0.717, 1.165) is 18.7 Å². The maximum absolute atomic E-state index is 11.9. The van der Waals surface area contributed by atoms with Gasteiger partial charge in [0.05, 0.1) is 0 Å². The predicted molar refractivity (Wildman–Crippen MR) is 90.3 cm³/mol. The molecule has 0 aromatic heterocycles. The third-order valence-corrected chi connectivity index (χ3v) is 3.65. The number of nitrogens with two attached hydrogens (primary N) is 1. The lowest BCUT2D eigenvalue weighted by atomic mass is 10.0. The summed E-state index contributed by atoms with van der Waals surface area (Å²) < 4.78 is 0. The van der Waals surface area contributed by atoms with Crippen LogP contribution in [0.2, 0.25) is 0 Å². The number of nitrogens with zero attached hydrogens (tertiary/aromatic N) is 1. The molecule has 4 heteroatoms. The van der Waals surface area contributed by atoms with Gasteiger partial charge in [-0.15, -0.1) is 0 Å². The molecule has 1 rings (SSSR count). The summed E-state index contributed by atoms with van der Waals surface area (Å²) in [6.07, 6.45) is 2.59. The van der Waals surface area contributed by atoms with Gasteiger partial charge in [0.2, 0.25) is 5.91 Å². The fourth-order valence-electron chi connectivity index (χ4n) is 2.41. The zero-order valence-corrected chi connectivity index (χ0v) is 13.7. The standard InChI is InChI=1S/C17H29N3O/c1-13(2)11-14(3)20(4)10-6-9-17(21)19-16-8-5-7-15(18)12-16/h5,7-8,12-14H,6,9-11,18H2,1-4H3,(H,19,21). The molecule has 1 aromatic carbocycles. The van der Waals surface area contributed by atoms with Gasteiger partial charge < -0.3 is 16.0 Å². The molecule has 1 atom stereocenters. The molecule has 0 bridgehead atoms. The number of rotatable bonds is 8. The van der Waals surface area contributed by atoms with Crippen LogP contribution in [0.1, 0.15) is 40.0 Å². The van der Waals surface area contributed by atoms with Gasteiger partial charge in [-0.3, -0.25) is 4.79 Å². The van der Waals surface area contributed by atoms with Crippen molar-refractivity contribution in [3.05, 3.63) is 24.3 Å². The van der Waals surface area contributed by atoms with E-state index in [-0.39, 0.29) is 5.91 Å². The third kappa shape index (κ3) is 7.14. The fourth-order valence-corrected chi connectivity index (χ4v) is 2.41. The van der Waals surface area contributed by atoms with Crippen molar-refractivity contribution in [2.75, 3.05) is 24.6 Å². The van der Waals surface area contributed by atoms with Crippen LogP contribution in [0.15, 0.2) is 24.3 Å². The lowest BCUT2D eigenvalue weighted by Gasteiger charge is -2.26. The Morgan fingerprint density at radius 1 is 1.33 bits per heavy atom. The molecule has 0 aliphatic carbocycles. The van der Waals surface area contributed by atoms with Crippen molar-refractivity contribution in [3.8, 4) is 0 Å². The first kappa shape index (κ1) is 17.5. The predicted octanol–water partition coefficient (Wildman–Crippen LogP) is 3.35. The normalized spacial score (nSPS) is 12.7. The van der Waals surface area contributed by atoms with Crippen molar-refractivity contribution in [1.82, 2.24) is 4.90 Å². The van der Waals surface area contributed by atoms with Gasteiger partial charge in [0.1, 0.15) is 0 Å². The van der Waals surface area contributed by atoms with Crippen molar-refractivity contribution in [3.63, 3.8) is 0 Å². The SMILES string of the molecule is CC(C)CC(C)N(C)CCCC(=O)Nc1cccc(N)c1. The molecule has 3 N–H and O–H groups in total. The molecule has 1 amide bonds. The second-order valence-corrected chi connectivity index (χ2v) is 6.24. The van der Waals surface area contributed by atoms with Gasteiger partial charge in [-0.05, 0) is 57.5 Å². The lowest BCUT2D eigenvalue weighted by molar-refractivity contribution is -0.116. The summed E-state index contributed by atoms with van der Waals surface area (Å²) in [4.78, 5) is 14.2. The van der Waals surface area contributed by atoms with Gasteiger partial charge in [-0.2, -0.15) is 0 Å². The number of nitrogen functional groups attached to an aromatic ring is 1. The zero-order valence-electron chi connectivity index (χ0n) is 13.7. The van der Waals surface area contributed by atoms with E-state index in [1.807, 2.05) is 12.1 Å². The zero-order chi connectivity index (χ0) is 15.8. The topological polar surface area (TPSA) is 58.4 Å².